The Hall–Kier alpha value is -2.08. The second-order valence-electron chi connectivity index (χ2n) is 10.3. The van der Waals surface area contributed by atoms with Crippen LogP contribution in [0.4, 0.5) is 0 Å². The number of hydrogen-bond acceptors (Lipinski definition) is 3. The van der Waals surface area contributed by atoms with Gasteiger partial charge in [-0.15, -0.1) is 0 Å². The van der Waals surface area contributed by atoms with Gasteiger partial charge in [-0.1, -0.05) is 12.1 Å². The summed E-state index contributed by atoms with van der Waals surface area (Å²) in [5, 5.41) is 10.9. The zero-order valence-corrected chi connectivity index (χ0v) is 19.4. The summed E-state index contributed by atoms with van der Waals surface area (Å²) >= 11 is 0. The topological polar surface area (TPSA) is 38.7 Å². The molecule has 1 aliphatic carbocycles. The fourth-order valence-corrected chi connectivity index (χ4v) is 3.83. The summed E-state index contributed by atoms with van der Waals surface area (Å²) < 4.78 is 13.8. The van der Waals surface area contributed by atoms with E-state index in [4.69, 9.17) is 9.47 Å². The Morgan fingerprint density at radius 1 is 0.700 bits per heavy atom. The molecule has 0 spiro atoms. The van der Waals surface area contributed by atoms with Crippen LogP contribution in [0.2, 0.25) is 0 Å². The van der Waals surface area contributed by atoms with Crippen molar-refractivity contribution in [3.05, 3.63) is 47.5 Å². The van der Waals surface area contributed by atoms with Crippen molar-refractivity contribution >= 4 is 0 Å². The third kappa shape index (κ3) is 5.97. The highest BCUT2D eigenvalue weighted by Crippen LogP contribution is 2.45. The van der Waals surface area contributed by atoms with Gasteiger partial charge in [0.1, 0.15) is 17.6 Å². The first-order valence-corrected chi connectivity index (χ1v) is 10.9. The van der Waals surface area contributed by atoms with E-state index in [1.807, 2.05) is 24.3 Å². The maximum atomic E-state index is 10.9. The lowest BCUT2D eigenvalue weighted by molar-refractivity contribution is -0.870. The van der Waals surface area contributed by atoms with Gasteiger partial charge in [0.05, 0.1) is 68.6 Å². The molecule has 0 aliphatic heterocycles. The van der Waals surface area contributed by atoms with Crippen LogP contribution in [0.5, 0.6) is 11.5 Å². The first-order valence-electron chi connectivity index (χ1n) is 10.9. The van der Waals surface area contributed by atoms with E-state index in [2.05, 4.69) is 54.4 Å². The Labute approximate surface area is 181 Å². The SMILES string of the molecule is C[N+](C)(C)CCCOc1ccc2c(c1)C(O)c1cc(OCCC[N+](C)(C)C)ccc1-2. The molecule has 1 N–H and O–H groups in total. The zero-order chi connectivity index (χ0) is 21.9. The Bertz CT molecular complexity index is 794. The minimum absolute atomic E-state index is 0.639. The van der Waals surface area contributed by atoms with Gasteiger partial charge in [-0.3, -0.25) is 0 Å². The molecule has 0 bridgehead atoms. The number of fused-ring (bicyclic) bond motifs is 3. The summed E-state index contributed by atoms with van der Waals surface area (Å²) in [5.41, 5.74) is 3.98. The van der Waals surface area contributed by atoms with Crippen LogP contribution in [0.3, 0.4) is 0 Å². The molecule has 0 unspecified atom stereocenters. The Morgan fingerprint density at radius 3 is 1.47 bits per heavy atom. The molecule has 0 aromatic heterocycles. The molecule has 30 heavy (non-hydrogen) atoms. The van der Waals surface area contributed by atoms with E-state index in [0.29, 0.717) is 13.2 Å². The van der Waals surface area contributed by atoms with Crippen molar-refractivity contribution in [2.75, 3.05) is 68.6 Å². The fourth-order valence-electron chi connectivity index (χ4n) is 3.83. The first-order chi connectivity index (χ1) is 14.0. The van der Waals surface area contributed by atoms with E-state index in [9.17, 15) is 5.11 Å². The van der Waals surface area contributed by atoms with Gasteiger partial charge in [-0.2, -0.15) is 0 Å². The number of quaternary nitrogens is 2. The number of benzene rings is 2. The molecule has 0 saturated carbocycles. The summed E-state index contributed by atoms with van der Waals surface area (Å²) in [6, 6.07) is 12.1. The molecule has 5 heteroatoms. The fraction of sp³-hybridized carbons (Fsp3) is 0.520. The molecule has 0 amide bonds. The molecule has 0 atom stereocenters. The summed E-state index contributed by atoms with van der Waals surface area (Å²) in [6.45, 7) is 3.50. The molecule has 0 heterocycles. The van der Waals surface area contributed by atoms with Gasteiger partial charge in [-0.25, -0.2) is 0 Å². The van der Waals surface area contributed by atoms with Gasteiger partial charge in [-0.05, 0) is 46.5 Å². The third-order valence-electron chi connectivity index (χ3n) is 5.41. The highest BCUT2D eigenvalue weighted by molar-refractivity contribution is 5.79. The van der Waals surface area contributed by atoms with Crippen molar-refractivity contribution in [3.63, 3.8) is 0 Å². The monoisotopic (exact) mass is 414 g/mol. The zero-order valence-electron chi connectivity index (χ0n) is 19.4. The number of nitrogens with zero attached hydrogens (tertiary/aromatic N) is 2. The number of rotatable bonds is 10. The smallest absolute Gasteiger partial charge is 0.119 e. The highest BCUT2D eigenvalue weighted by atomic mass is 16.5. The maximum Gasteiger partial charge on any atom is 0.119 e. The second-order valence-corrected chi connectivity index (χ2v) is 10.3. The molecule has 3 rings (SSSR count). The second kappa shape index (κ2) is 8.96. The average molecular weight is 415 g/mol. The summed E-state index contributed by atoms with van der Waals surface area (Å²) in [6.07, 6.45) is 1.36. The Morgan fingerprint density at radius 2 is 1.10 bits per heavy atom. The van der Waals surface area contributed by atoms with E-state index in [-0.39, 0.29) is 0 Å². The predicted octanol–water partition coefficient (Wildman–Crippen LogP) is 3.70. The molecular formula is C25H38N2O3+2. The quantitative estimate of drug-likeness (QED) is 0.476. The lowest BCUT2D eigenvalue weighted by Crippen LogP contribution is -2.36. The average Bonchev–Trinajstić information content (AvgIpc) is 2.93. The van der Waals surface area contributed by atoms with Crippen LogP contribution in [-0.2, 0) is 0 Å². The van der Waals surface area contributed by atoms with Crippen molar-refractivity contribution in [2.24, 2.45) is 0 Å². The molecule has 164 valence electrons. The molecule has 0 saturated heterocycles. The van der Waals surface area contributed by atoms with Gasteiger partial charge in [0.2, 0.25) is 0 Å². The standard InChI is InChI=1S/C25H38N2O3/c1-26(2,3)13-7-15-29-19-9-11-21-22-12-10-20(30-16-8-14-27(4,5)6)18-24(22)25(28)23(21)17-19/h9-12,17-18,25,28H,7-8,13-16H2,1-6H3/q+2. The molecule has 0 fully saturated rings. The van der Waals surface area contributed by atoms with E-state index in [0.717, 1.165) is 68.7 Å². The number of hydrogen-bond donors (Lipinski definition) is 1. The van der Waals surface area contributed by atoms with Gasteiger partial charge >= 0.3 is 0 Å². The van der Waals surface area contributed by atoms with Crippen molar-refractivity contribution < 1.29 is 23.5 Å². The van der Waals surface area contributed by atoms with Crippen LogP contribution in [-0.4, -0.2) is 82.7 Å². The van der Waals surface area contributed by atoms with Crippen molar-refractivity contribution in [2.45, 2.75) is 18.9 Å². The summed E-state index contributed by atoms with van der Waals surface area (Å²) in [4.78, 5) is 0. The first kappa shape index (κ1) is 22.6. The number of ether oxygens (including phenoxy) is 2. The summed E-state index contributed by atoms with van der Waals surface area (Å²) in [7, 11) is 13.1. The molecule has 0 radical (unpaired) electrons. The largest absolute Gasteiger partial charge is 0.493 e. The molecular weight excluding hydrogens is 376 g/mol. The molecule has 1 aliphatic rings. The van der Waals surface area contributed by atoms with Crippen LogP contribution >= 0.6 is 0 Å². The van der Waals surface area contributed by atoms with Crippen molar-refractivity contribution in [1.29, 1.82) is 0 Å². The maximum absolute atomic E-state index is 10.9. The van der Waals surface area contributed by atoms with E-state index < -0.39 is 6.10 Å². The number of aliphatic hydroxyl groups excluding tert-OH is 1. The van der Waals surface area contributed by atoms with Crippen LogP contribution in [0.15, 0.2) is 36.4 Å². The van der Waals surface area contributed by atoms with Crippen LogP contribution < -0.4 is 9.47 Å². The minimum atomic E-state index is -0.639. The predicted molar refractivity (Wildman–Crippen MR) is 122 cm³/mol. The lowest BCUT2D eigenvalue weighted by atomic mass is 10.1. The van der Waals surface area contributed by atoms with Crippen LogP contribution in [0.25, 0.3) is 11.1 Å². The summed E-state index contributed by atoms with van der Waals surface area (Å²) in [5.74, 6) is 1.64. The van der Waals surface area contributed by atoms with Gasteiger partial charge in [0, 0.05) is 12.8 Å². The number of aliphatic hydroxyl groups is 1. The van der Waals surface area contributed by atoms with Gasteiger partial charge < -0.3 is 23.5 Å². The van der Waals surface area contributed by atoms with Crippen LogP contribution in [0.1, 0.15) is 30.1 Å². The lowest BCUT2D eigenvalue weighted by Gasteiger charge is -2.23. The normalized spacial score (nSPS) is 13.8. The van der Waals surface area contributed by atoms with E-state index >= 15 is 0 Å². The van der Waals surface area contributed by atoms with Crippen molar-refractivity contribution in [3.8, 4) is 22.6 Å². The molecule has 2 aromatic carbocycles. The van der Waals surface area contributed by atoms with E-state index in [1.54, 1.807) is 0 Å². The minimum Gasteiger partial charge on any atom is -0.493 e. The Kier molecular flexibility index (Phi) is 6.75. The van der Waals surface area contributed by atoms with Crippen molar-refractivity contribution in [1.82, 2.24) is 0 Å². The highest BCUT2D eigenvalue weighted by Gasteiger charge is 2.28. The molecule has 5 nitrogen and oxygen atoms in total. The van der Waals surface area contributed by atoms with Gasteiger partial charge in [0.15, 0.2) is 0 Å². The third-order valence-corrected chi connectivity index (χ3v) is 5.41. The van der Waals surface area contributed by atoms with Crippen LogP contribution in [0, 0.1) is 0 Å². The van der Waals surface area contributed by atoms with E-state index in [1.165, 1.54) is 0 Å². The Balaban J connectivity index is 1.62. The van der Waals surface area contributed by atoms with Gasteiger partial charge in [0.25, 0.3) is 0 Å². The molecule has 2 aromatic rings.